The van der Waals surface area contributed by atoms with E-state index in [1.165, 1.54) is 0 Å². The first-order chi connectivity index (χ1) is 41.4. The quantitative estimate of drug-likeness (QED) is 0.168. The summed E-state index contributed by atoms with van der Waals surface area (Å²) in [6.45, 7) is 0. The van der Waals surface area contributed by atoms with Gasteiger partial charge in [0.2, 0.25) is 0 Å². The average Bonchev–Trinajstić information content (AvgIpc) is 0.718. The molecule has 32 radical (unpaired) electrons. The van der Waals surface area contributed by atoms with Gasteiger partial charge in [0, 0.05) is 0 Å². The van der Waals surface area contributed by atoms with Crippen molar-refractivity contribution < 1.29 is 0 Å². The van der Waals surface area contributed by atoms with Crippen LogP contribution in [-0.2, 0) is 0 Å². The molecule has 0 heterocycles. The van der Waals surface area contributed by atoms with Crippen LogP contribution in [0, 0.1) is 0 Å². The Bertz CT molecular complexity index is 5210. The van der Waals surface area contributed by atoms with Crippen LogP contribution in [0.15, 0.2) is 170 Å². The highest BCUT2D eigenvalue weighted by Crippen LogP contribution is 2.46. The first kappa shape index (κ1) is 55.8. The minimum Gasteiger partial charge on any atom is -0.110 e. The van der Waals surface area contributed by atoms with Crippen molar-refractivity contribution in [1.82, 2.24) is 0 Å². The molecular formula is C70H28B16. The van der Waals surface area contributed by atoms with Gasteiger partial charge < -0.3 is 0 Å². The van der Waals surface area contributed by atoms with Gasteiger partial charge in [-0.05, 0) is 160 Å². The number of fused-ring (bicyclic) bond motifs is 7. The Balaban J connectivity index is 1.000. The van der Waals surface area contributed by atoms with Crippen molar-refractivity contribution in [2.24, 2.45) is 0 Å². The SMILES string of the molecule is [B]c1c([B])c([B])c2c(-c3cccc4ccccc34)c3c([B])c([B])c([B])c([B])c3c(-c3cccc(-c4ccc5cccc(-c6cccc(-c7c8c([B])c([B])c([B])c([B])c8c(-c8cccc9ccccc89)c8c([B])c([B])c([B])c([B])c78)c6)c5c4)c3)c2c1[B]. The Morgan fingerprint density at radius 3 is 0.814 bits per heavy atom. The summed E-state index contributed by atoms with van der Waals surface area (Å²) < 4.78 is 0. The highest BCUT2D eigenvalue weighted by molar-refractivity contribution is 6.73. The van der Waals surface area contributed by atoms with E-state index in [0.717, 1.165) is 65.7 Å². The first-order valence-electron chi connectivity index (χ1n) is 27.6. The molecule has 0 bridgehead atoms. The predicted molar refractivity (Wildman–Crippen MR) is 388 cm³/mol. The highest BCUT2D eigenvalue weighted by Gasteiger charge is 2.28. The van der Waals surface area contributed by atoms with Crippen molar-refractivity contribution in [3.63, 3.8) is 0 Å². The number of benzene rings is 14. The second-order valence-electron chi connectivity index (χ2n) is 22.1. The van der Waals surface area contributed by atoms with E-state index >= 15 is 0 Å². The number of hydrogen-bond acceptors (Lipinski definition) is 0. The van der Waals surface area contributed by atoms with Crippen molar-refractivity contribution in [1.29, 1.82) is 0 Å². The molecule has 86 heavy (non-hydrogen) atoms. The highest BCUT2D eigenvalue weighted by atomic mass is 14.3. The number of hydrogen-bond donors (Lipinski definition) is 0. The topological polar surface area (TPSA) is 0 Å². The lowest BCUT2D eigenvalue weighted by Crippen LogP contribution is -2.50. The van der Waals surface area contributed by atoms with Crippen LogP contribution in [0.4, 0.5) is 0 Å². The maximum atomic E-state index is 7.20. The normalized spacial score (nSPS) is 11.8. The summed E-state index contributed by atoms with van der Waals surface area (Å²) >= 11 is 0. The van der Waals surface area contributed by atoms with Gasteiger partial charge in [0.05, 0.1) is 0 Å². The molecule has 0 saturated heterocycles. The van der Waals surface area contributed by atoms with Crippen molar-refractivity contribution >= 4 is 288 Å². The van der Waals surface area contributed by atoms with E-state index in [4.69, 9.17) is 126 Å². The molecule has 0 spiro atoms. The van der Waals surface area contributed by atoms with Gasteiger partial charge in [-0.3, -0.25) is 0 Å². The van der Waals surface area contributed by atoms with Crippen LogP contribution >= 0.6 is 0 Å². The Kier molecular flexibility index (Phi) is 13.5. The van der Waals surface area contributed by atoms with Crippen LogP contribution in [0.1, 0.15) is 0 Å². The molecule has 0 aliphatic rings. The minimum atomic E-state index is 0.124. The van der Waals surface area contributed by atoms with Gasteiger partial charge in [-0.2, -0.15) is 0 Å². The standard InChI is InChI=1S/C70H28B16/c71-55-47-43(48-52(60(76)68(84)64(80)56(48)72)45(51(47)59(75)67(83)63(55)79)40-22-8-12-29-10-1-3-19-37(29)40)35-17-5-15-32(26-35)33-25-24-31-14-7-21-39(42(31)28-33)34-16-6-18-36(27-34)44-49-53(61(77)69(85)65(81)57(49)73)46(41-23-9-13-30-11-2-4-20-38(30)41)54-50(44)58(74)66(82)70(86)62(54)78/h1-28H. The van der Waals surface area contributed by atoms with E-state index in [2.05, 4.69) is 48.5 Å². The van der Waals surface area contributed by atoms with Gasteiger partial charge in [-0.25, -0.2) is 0 Å². The Labute approximate surface area is 521 Å². The fraction of sp³-hybridized carbons (Fsp3) is 0. The van der Waals surface area contributed by atoms with E-state index < -0.39 is 0 Å². The molecule has 0 aliphatic heterocycles. The summed E-state index contributed by atoms with van der Waals surface area (Å²) in [6, 6.07) is 56.7. The fourth-order valence-corrected chi connectivity index (χ4v) is 13.3. The van der Waals surface area contributed by atoms with Gasteiger partial charge in [-0.1, -0.05) is 195 Å². The molecule has 0 nitrogen and oxygen atoms in total. The second kappa shape index (κ2) is 20.8. The first-order valence-corrected chi connectivity index (χ1v) is 27.6. The van der Waals surface area contributed by atoms with Crippen LogP contribution in [0.3, 0.4) is 0 Å². The Morgan fingerprint density at radius 2 is 0.430 bits per heavy atom. The van der Waals surface area contributed by atoms with E-state index in [0.29, 0.717) is 76.5 Å². The zero-order chi connectivity index (χ0) is 60.0. The molecule has 0 N–H and O–H groups in total. The van der Waals surface area contributed by atoms with Crippen LogP contribution in [0.25, 0.3) is 142 Å². The Hall–Kier alpha value is -8.06. The van der Waals surface area contributed by atoms with Crippen LogP contribution < -0.4 is 87.4 Å². The lowest BCUT2D eigenvalue weighted by atomic mass is 9.59. The van der Waals surface area contributed by atoms with Crippen LogP contribution in [-0.4, -0.2) is 126 Å². The molecule has 14 aromatic carbocycles. The van der Waals surface area contributed by atoms with E-state index in [-0.39, 0.29) is 87.4 Å². The molecule has 0 fully saturated rings. The van der Waals surface area contributed by atoms with Gasteiger partial charge >= 0.3 is 0 Å². The molecule has 0 amide bonds. The third kappa shape index (κ3) is 8.14. The fourth-order valence-electron chi connectivity index (χ4n) is 13.3. The van der Waals surface area contributed by atoms with Crippen molar-refractivity contribution in [2.75, 3.05) is 0 Å². The maximum absolute atomic E-state index is 7.20. The molecule has 16 heteroatoms. The smallest absolute Gasteiger partial charge is 0.110 e. The third-order valence-electron chi connectivity index (χ3n) is 17.6. The van der Waals surface area contributed by atoms with Crippen molar-refractivity contribution in [2.45, 2.75) is 0 Å². The lowest BCUT2D eigenvalue weighted by Gasteiger charge is -2.29. The zero-order valence-electron chi connectivity index (χ0n) is 46.4. The lowest BCUT2D eigenvalue weighted by molar-refractivity contribution is 1.62. The van der Waals surface area contributed by atoms with E-state index in [1.807, 2.05) is 121 Å². The summed E-state index contributed by atoms with van der Waals surface area (Å²) in [6.07, 6.45) is 0. The molecule has 0 aromatic heterocycles. The summed E-state index contributed by atoms with van der Waals surface area (Å²) in [5.74, 6) is 0. The molecule has 0 unspecified atom stereocenters. The third-order valence-corrected chi connectivity index (χ3v) is 17.6. The Morgan fingerprint density at radius 1 is 0.163 bits per heavy atom. The minimum absolute atomic E-state index is 0.124. The average molecular weight is 1040 g/mol. The van der Waals surface area contributed by atoms with Gasteiger partial charge in [-0.15, -0.1) is 43.7 Å². The summed E-state index contributed by atoms with van der Waals surface area (Å²) in [5.41, 5.74) is 11.7. The molecule has 0 aliphatic carbocycles. The monoisotopic (exact) mass is 1040 g/mol. The zero-order valence-corrected chi connectivity index (χ0v) is 46.4. The molecule has 14 aromatic rings. The molecule has 0 saturated carbocycles. The van der Waals surface area contributed by atoms with Crippen molar-refractivity contribution in [3.05, 3.63) is 170 Å². The van der Waals surface area contributed by atoms with Crippen LogP contribution in [0.5, 0.6) is 0 Å². The number of rotatable bonds is 6. The van der Waals surface area contributed by atoms with Gasteiger partial charge in [0.25, 0.3) is 0 Å². The summed E-state index contributed by atoms with van der Waals surface area (Å²) in [4.78, 5) is 0. The predicted octanol–water partition coefficient (Wildman–Crippen LogP) is 0.462. The second-order valence-corrected chi connectivity index (χ2v) is 22.1. The molecule has 14 rings (SSSR count). The van der Waals surface area contributed by atoms with Crippen LogP contribution in [0.2, 0.25) is 0 Å². The van der Waals surface area contributed by atoms with Gasteiger partial charge in [0.15, 0.2) is 0 Å². The van der Waals surface area contributed by atoms with Crippen molar-refractivity contribution in [3.8, 4) is 66.8 Å². The van der Waals surface area contributed by atoms with E-state index in [1.54, 1.807) is 0 Å². The van der Waals surface area contributed by atoms with Gasteiger partial charge in [0.1, 0.15) is 126 Å². The summed E-state index contributed by atoms with van der Waals surface area (Å²) in [7, 11) is 112. The molecule has 0 atom stereocenters. The summed E-state index contributed by atoms with van der Waals surface area (Å²) in [5, 5.41) is 9.93. The molecule has 356 valence electrons. The van der Waals surface area contributed by atoms with E-state index in [9.17, 15) is 0 Å². The largest absolute Gasteiger partial charge is 0.113 e. The molecular weight excluding hydrogens is 1010 g/mol. The maximum Gasteiger partial charge on any atom is 0.113 e.